The minimum Gasteiger partial charge on any atom is -0.462 e. The van der Waals surface area contributed by atoms with Crippen LogP contribution < -0.4 is 0 Å². The summed E-state index contributed by atoms with van der Waals surface area (Å²) in [5.74, 6) is -0.848. The molecule has 0 saturated carbocycles. The fourth-order valence-electron chi connectivity index (χ4n) is 10.2. The normalized spacial score (nSPS) is 12.2. The van der Waals surface area contributed by atoms with Crippen LogP contribution in [-0.2, 0) is 28.6 Å². The zero-order valence-electron chi connectivity index (χ0n) is 51.3. The van der Waals surface area contributed by atoms with Crippen molar-refractivity contribution in [3.05, 3.63) is 36.5 Å². The highest BCUT2D eigenvalue weighted by molar-refractivity contribution is 5.71. The van der Waals surface area contributed by atoms with Gasteiger partial charge in [-0.3, -0.25) is 14.4 Å². The highest BCUT2D eigenvalue weighted by atomic mass is 16.6. The van der Waals surface area contributed by atoms with Gasteiger partial charge in [0.2, 0.25) is 0 Å². The van der Waals surface area contributed by atoms with Gasteiger partial charge in [-0.2, -0.15) is 0 Å². The first-order valence-corrected chi connectivity index (χ1v) is 34.0. The third kappa shape index (κ3) is 62.5. The molecule has 0 bridgehead atoms. The lowest BCUT2D eigenvalue weighted by Gasteiger charge is -2.18. The Balaban J connectivity index is 4.20. The number of allylic oxidation sites excluding steroid dienone is 6. The lowest BCUT2D eigenvalue weighted by molar-refractivity contribution is -0.167. The number of hydrogen-bond acceptors (Lipinski definition) is 6. The monoisotopic (exact) mass is 1070 g/mol. The van der Waals surface area contributed by atoms with E-state index < -0.39 is 6.10 Å². The van der Waals surface area contributed by atoms with Gasteiger partial charge < -0.3 is 14.2 Å². The van der Waals surface area contributed by atoms with Crippen molar-refractivity contribution in [3.63, 3.8) is 0 Å². The molecule has 0 amide bonds. The summed E-state index contributed by atoms with van der Waals surface area (Å²) in [4.78, 5) is 38.3. The molecule has 0 aliphatic rings. The second-order valence-electron chi connectivity index (χ2n) is 23.1. The number of carbonyl (C=O) groups is 3. The Morgan fingerprint density at radius 1 is 0.263 bits per heavy atom. The Labute approximate surface area is 474 Å². The van der Waals surface area contributed by atoms with Crippen molar-refractivity contribution in [1.82, 2.24) is 0 Å². The van der Waals surface area contributed by atoms with Gasteiger partial charge in [-0.25, -0.2) is 0 Å². The molecule has 0 fully saturated rings. The third-order valence-corrected chi connectivity index (χ3v) is 15.4. The van der Waals surface area contributed by atoms with E-state index in [0.717, 1.165) is 64.2 Å². The predicted octanol–water partition coefficient (Wildman–Crippen LogP) is 23.2. The molecule has 0 rings (SSSR count). The van der Waals surface area contributed by atoms with Gasteiger partial charge in [0.25, 0.3) is 0 Å². The van der Waals surface area contributed by atoms with Crippen LogP contribution in [-0.4, -0.2) is 37.2 Å². The average molecular weight is 1070 g/mol. The van der Waals surface area contributed by atoms with Gasteiger partial charge in [-0.05, 0) is 77.0 Å². The molecule has 6 heteroatoms. The number of unbranched alkanes of at least 4 members (excludes halogenated alkanes) is 46. The second-order valence-corrected chi connectivity index (χ2v) is 23.1. The largest absolute Gasteiger partial charge is 0.462 e. The lowest BCUT2D eigenvalue weighted by Crippen LogP contribution is -2.30. The Morgan fingerprint density at radius 2 is 0.474 bits per heavy atom. The molecule has 6 nitrogen and oxygen atoms in total. The van der Waals surface area contributed by atoms with Crippen molar-refractivity contribution in [2.75, 3.05) is 13.2 Å². The molecular weight excluding hydrogens is 937 g/mol. The van der Waals surface area contributed by atoms with Crippen molar-refractivity contribution >= 4 is 17.9 Å². The number of ether oxygens (including phenoxy) is 3. The Morgan fingerprint density at radius 3 is 0.763 bits per heavy atom. The summed E-state index contributed by atoms with van der Waals surface area (Å²) in [7, 11) is 0. The summed E-state index contributed by atoms with van der Waals surface area (Å²) in [5.41, 5.74) is 0. The summed E-state index contributed by atoms with van der Waals surface area (Å²) in [6.07, 6.45) is 80.2. The van der Waals surface area contributed by atoms with Gasteiger partial charge in [0.05, 0.1) is 0 Å². The quantitative estimate of drug-likeness (QED) is 0.0261. The van der Waals surface area contributed by atoms with E-state index >= 15 is 0 Å². The van der Waals surface area contributed by atoms with E-state index in [2.05, 4.69) is 57.2 Å². The van der Waals surface area contributed by atoms with Gasteiger partial charge in [-0.15, -0.1) is 0 Å². The zero-order chi connectivity index (χ0) is 55.0. The standard InChI is InChI=1S/C70H130O6/c1-4-7-10-13-16-19-22-25-27-29-31-32-33-34-35-36-37-38-40-41-43-45-48-51-54-57-60-63-69(72)75-66-67(65-74-68(71)62-59-56-53-50-47-24-21-18-15-12-9-6-3)76-70(73)64-61-58-55-52-49-46-44-42-39-30-28-26-23-20-17-14-11-8-5-2/h17,20,26,28-29,31,67H,4-16,18-19,21-25,27,30,32-66H2,1-3H3/b20-17-,28-26-,31-29-. The fraction of sp³-hybridized carbons (Fsp3) is 0.871. The molecule has 0 aromatic rings. The van der Waals surface area contributed by atoms with Gasteiger partial charge in [0.15, 0.2) is 6.10 Å². The van der Waals surface area contributed by atoms with Crippen LogP contribution in [0.3, 0.4) is 0 Å². The first kappa shape index (κ1) is 73.6. The predicted molar refractivity (Wildman–Crippen MR) is 330 cm³/mol. The maximum atomic E-state index is 12.9. The summed E-state index contributed by atoms with van der Waals surface area (Å²) in [5, 5.41) is 0. The topological polar surface area (TPSA) is 78.9 Å². The first-order chi connectivity index (χ1) is 37.5. The van der Waals surface area contributed by atoms with Crippen molar-refractivity contribution in [1.29, 1.82) is 0 Å². The van der Waals surface area contributed by atoms with E-state index in [1.807, 2.05) is 0 Å². The molecular formula is C70H130O6. The minimum absolute atomic E-state index is 0.0688. The van der Waals surface area contributed by atoms with Crippen LogP contribution in [0.2, 0.25) is 0 Å². The zero-order valence-corrected chi connectivity index (χ0v) is 51.3. The van der Waals surface area contributed by atoms with Crippen molar-refractivity contribution in [2.24, 2.45) is 0 Å². The Hall–Kier alpha value is -2.37. The molecule has 0 aliphatic heterocycles. The van der Waals surface area contributed by atoms with Gasteiger partial charge >= 0.3 is 17.9 Å². The van der Waals surface area contributed by atoms with Crippen LogP contribution in [0.15, 0.2) is 36.5 Å². The number of rotatable bonds is 63. The van der Waals surface area contributed by atoms with Crippen molar-refractivity contribution in [3.8, 4) is 0 Å². The van der Waals surface area contributed by atoms with E-state index in [9.17, 15) is 14.4 Å². The average Bonchev–Trinajstić information content (AvgIpc) is 3.42. The Bertz CT molecular complexity index is 1270. The highest BCUT2D eigenvalue weighted by Gasteiger charge is 2.19. The van der Waals surface area contributed by atoms with E-state index in [0.29, 0.717) is 19.3 Å². The molecule has 1 atom stereocenters. The molecule has 0 radical (unpaired) electrons. The molecule has 0 saturated heterocycles. The SMILES string of the molecule is CCCCC/C=C\C/C=C\CCCCCCCCCCCC(=O)OC(COC(=O)CCCCCCCCCCCCCC)COC(=O)CCCCCCCCCCCCCCCCC/C=C\CCCCCCCCCC. The van der Waals surface area contributed by atoms with E-state index in [1.54, 1.807) is 0 Å². The van der Waals surface area contributed by atoms with Crippen LogP contribution in [0, 0.1) is 0 Å². The van der Waals surface area contributed by atoms with Gasteiger partial charge in [0.1, 0.15) is 13.2 Å². The maximum Gasteiger partial charge on any atom is 0.306 e. The molecule has 0 spiro atoms. The summed E-state index contributed by atoms with van der Waals surface area (Å²) >= 11 is 0. The van der Waals surface area contributed by atoms with Crippen molar-refractivity contribution < 1.29 is 28.6 Å². The lowest BCUT2D eigenvalue weighted by atomic mass is 10.0. The van der Waals surface area contributed by atoms with Gasteiger partial charge in [0, 0.05) is 19.3 Å². The van der Waals surface area contributed by atoms with Crippen LogP contribution in [0.1, 0.15) is 374 Å². The minimum atomic E-state index is -0.772. The highest BCUT2D eigenvalue weighted by Crippen LogP contribution is 2.18. The Kier molecular flexibility index (Phi) is 63.1. The van der Waals surface area contributed by atoms with Crippen molar-refractivity contribution in [2.45, 2.75) is 380 Å². The van der Waals surface area contributed by atoms with Gasteiger partial charge in [-0.1, -0.05) is 314 Å². The summed E-state index contributed by atoms with van der Waals surface area (Å²) in [6.45, 7) is 6.67. The van der Waals surface area contributed by atoms with Crippen LogP contribution in [0.5, 0.6) is 0 Å². The summed E-state index contributed by atoms with van der Waals surface area (Å²) < 4.78 is 17.0. The number of esters is 3. The number of carbonyl (C=O) groups excluding carboxylic acids is 3. The summed E-state index contributed by atoms with van der Waals surface area (Å²) in [6, 6.07) is 0. The fourth-order valence-corrected chi connectivity index (χ4v) is 10.2. The van der Waals surface area contributed by atoms with E-state index in [-0.39, 0.29) is 31.1 Å². The van der Waals surface area contributed by atoms with Crippen LogP contribution in [0.4, 0.5) is 0 Å². The number of hydrogen-bond donors (Lipinski definition) is 0. The second kappa shape index (κ2) is 65.2. The third-order valence-electron chi connectivity index (χ3n) is 15.4. The first-order valence-electron chi connectivity index (χ1n) is 34.0. The molecule has 0 aliphatic carbocycles. The van der Waals surface area contributed by atoms with Crippen LogP contribution in [0.25, 0.3) is 0 Å². The molecule has 0 heterocycles. The van der Waals surface area contributed by atoms with Crippen LogP contribution >= 0.6 is 0 Å². The van der Waals surface area contributed by atoms with E-state index in [4.69, 9.17) is 14.2 Å². The molecule has 446 valence electrons. The molecule has 0 aromatic carbocycles. The van der Waals surface area contributed by atoms with E-state index in [1.165, 1.54) is 270 Å². The molecule has 0 N–H and O–H groups in total. The molecule has 1 unspecified atom stereocenters. The maximum absolute atomic E-state index is 12.9. The smallest absolute Gasteiger partial charge is 0.306 e. The molecule has 76 heavy (non-hydrogen) atoms. The molecule has 0 aromatic heterocycles.